The van der Waals surface area contributed by atoms with Crippen LogP contribution >= 0.6 is 12.4 Å². The van der Waals surface area contributed by atoms with Crippen molar-refractivity contribution in [3.63, 3.8) is 0 Å². The van der Waals surface area contributed by atoms with Gasteiger partial charge in [0.15, 0.2) is 0 Å². The van der Waals surface area contributed by atoms with E-state index in [2.05, 4.69) is 38.0 Å². The number of fused-ring (bicyclic) bond motifs is 1. The predicted molar refractivity (Wildman–Crippen MR) is 147 cm³/mol. The lowest BCUT2D eigenvalue weighted by Crippen LogP contribution is -2.14. The number of nitrogen functional groups attached to an aromatic ring is 1. The summed E-state index contributed by atoms with van der Waals surface area (Å²) in [5.74, 6) is 2.76. The Hall–Kier alpha value is -4.66. The number of allylic oxidation sites excluding steroid dienone is 1. The van der Waals surface area contributed by atoms with Crippen molar-refractivity contribution in [1.82, 2.24) is 14.5 Å². The predicted octanol–water partition coefficient (Wildman–Crippen LogP) is 4.13. The molecule has 2 atom stereocenters. The Bertz CT molecular complexity index is 1540. The maximum absolute atomic E-state index is 11.5. The molecular formula is C27H26ClN7O3. The molecule has 2 heterocycles. The fourth-order valence-corrected chi connectivity index (χ4v) is 4.09. The van der Waals surface area contributed by atoms with E-state index < -0.39 is 12.1 Å². The van der Waals surface area contributed by atoms with Crippen LogP contribution in [-0.4, -0.2) is 37.3 Å². The summed E-state index contributed by atoms with van der Waals surface area (Å²) >= 11 is 0. The fourth-order valence-electron chi connectivity index (χ4n) is 4.09. The molecule has 1 aliphatic carbocycles. The van der Waals surface area contributed by atoms with Crippen molar-refractivity contribution in [1.29, 1.82) is 5.41 Å². The smallest absolute Gasteiger partial charge is 0.354 e. The Morgan fingerprint density at radius 1 is 1.29 bits per heavy atom. The van der Waals surface area contributed by atoms with E-state index in [0.717, 1.165) is 40.1 Å². The molecule has 4 aromatic rings. The second kappa shape index (κ2) is 11.2. The first-order valence-electron chi connectivity index (χ1n) is 11.7. The van der Waals surface area contributed by atoms with Gasteiger partial charge in [0.05, 0.1) is 23.3 Å². The van der Waals surface area contributed by atoms with Crippen LogP contribution in [0.4, 0.5) is 5.69 Å². The number of aliphatic carboxylic acids is 1. The van der Waals surface area contributed by atoms with Crippen LogP contribution in [0, 0.1) is 5.41 Å². The van der Waals surface area contributed by atoms with Gasteiger partial charge in [0.25, 0.3) is 6.10 Å². The summed E-state index contributed by atoms with van der Waals surface area (Å²) < 4.78 is 2.05. The molecule has 0 spiro atoms. The molecule has 1 aliphatic rings. The third-order valence-electron chi connectivity index (χ3n) is 6.26. The first-order valence-corrected chi connectivity index (χ1v) is 11.7. The molecule has 1 saturated carbocycles. The molecule has 0 saturated heterocycles. The van der Waals surface area contributed by atoms with Gasteiger partial charge in [-0.25, -0.2) is 9.78 Å². The largest absolute Gasteiger partial charge is 0.478 e. The fraction of sp³-hybridized carbons (Fsp3) is 0.185. The summed E-state index contributed by atoms with van der Waals surface area (Å²) in [6, 6.07) is 18.5. The van der Waals surface area contributed by atoms with Gasteiger partial charge in [0.2, 0.25) is 0 Å². The van der Waals surface area contributed by atoms with Gasteiger partial charge >= 0.3 is 5.97 Å². The number of pyridine rings is 1. The molecule has 0 aliphatic heterocycles. The third kappa shape index (κ3) is 5.67. The Morgan fingerprint density at radius 3 is 2.76 bits per heavy atom. The number of rotatable bonds is 9. The van der Waals surface area contributed by atoms with E-state index in [-0.39, 0.29) is 29.9 Å². The second-order valence-corrected chi connectivity index (χ2v) is 8.74. The normalized spacial score (nSPS) is 14.7. The molecule has 0 bridgehead atoms. The van der Waals surface area contributed by atoms with Crippen LogP contribution in [-0.2, 0) is 23.2 Å². The van der Waals surface area contributed by atoms with Crippen LogP contribution < -0.4 is 11.1 Å². The first kappa shape index (κ1) is 26.4. The lowest BCUT2D eigenvalue weighted by Gasteiger charge is -2.07. The van der Waals surface area contributed by atoms with E-state index in [9.17, 15) is 9.90 Å². The number of anilines is 1. The number of nitrogens with zero attached hydrogens (tertiary/aromatic N) is 4. The number of carboxylic acids is 1. The van der Waals surface area contributed by atoms with E-state index in [0.29, 0.717) is 12.1 Å². The minimum absolute atomic E-state index is 0. The van der Waals surface area contributed by atoms with Crippen molar-refractivity contribution in [3.05, 3.63) is 95.1 Å². The van der Waals surface area contributed by atoms with Gasteiger partial charge in [-0.1, -0.05) is 12.1 Å². The van der Waals surface area contributed by atoms with Crippen molar-refractivity contribution in [2.24, 2.45) is 17.9 Å². The molecule has 38 heavy (non-hydrogen) atoms. The van der Waals surface area contributed by atoms with Crippen LogP contribution in [0.1, 0.15) is 41.1 Å². The Balaban J connectivity index is 0.00000336. The quantitative estimate of drug-likeness (QED) is 0.144. The average Bonchev–Trinajstić information content (AvgIpc) is 3.61. The van der Waals surface area contributed by atoms with Crippen molar-refractivity contribution in [3.8, 4) is 0 Å². The van der Waals surface area contributed by atoms with E-state index in [4.69, 9.17) is 21.0 Å². The van der Waals surface area contributed by atoms with Crippen LogP contribution in [0.25, 0.3) is 11.0 Å². The molecule has 0 amide bonds. The summed E-state index contributed by atoms with van der Waals surface area (Å²) in [7, 11) is 1.98. The Morgan fingerprint density at radius 2 is 2.08 bits per heavy atom. The summed E-state index contributed by atoms with van der Waals surface area (Å²) in [5, 5.41) is 24.1. The Kier molecular flexibility index (Phi) is 7.76. The van der Waals surface area contributed by atoms with Gasteiger partial charge in [-0.3, -0.25) is 10.4 Å². The zero-order chi connectivity index (χ0) is 25.9. The van der Waals surface area contributed by atoms with E-state index in [1.54, 1.807) is 30.3 Å². The molecule has 0 radical (unpaired) electrons. The molecule has 10 nitrogen and oxygen atoms in total. The zero-order valence-electron chi connectivity index (χ0n) is 20.5. The number of hydrogen-bond acceptors (Lipinski definition) is 7. The maximum atomic E-state index is 11.5. The van der Waals surface area contributed by atoms with Gasteiger partial charge in [-0.2, -0.15) is 0 Å². The molecule has 2 aromatic heterocycles. The van der Waals surface area contributed by atoms with Crippen LogP contribution in [0.3, 0.4) is 0 Å². The summed E-state index contributed by atoms with van der Waals surface area (Å²) in [6.45, 7) is 0.541. The Labute approximate surface area is 224 Å². The number of carboxylic acid groups (broad SMARTS) is 1. The van der Waals surface area contributed by atoms with Gasteiger partial charge < -0.3 is 25.6 Å². The van der Waals surface area contributed by atoms with E-state index >= 15 is 0 Å². The highest BCUT2D eigenvalue weighted by atomic mass is 35.5. The number of aryl methyl sites for hydroxylation is 1. The number of carbonyl (C=O) groups is 1. The number of benzene rings is 2. The van der Waals surface area contributed by atoms with Gasteiger partial charge in [0, 0.05) is 41.9 Å². The highest BCUT2D eigenvalue weighted by Gasteiger charge is 2.32. The maximum Gasteiger partial charge on any atom is 0.354 e. The number of nitrogens with two attached hydrogens (primary N) is 1. The minimum atomic E-state index is -1.28. The summed E-state index contributed by atoms with van der Waals surface area (Å²) in [5.41, 5.74) is 11.3. The van der Waals surface area contributed by atoms with Crippen molar-refractivity contribution < 1.29 is 14.7 Å². The van der Waals surface area contributed by atoms with Crippen molar-refractivity contribution in [2.75, 3.05) is 5.32 Å². The number of nitrogens with one attached hydrogen (secondary N) is 2. The van der Waals surface area contributed by atoms with Gasteiger partial charge in [0.1, 0.15) is 11.7 Å². The molecule has 194 valence electrons. The van der Waals surface area contributed by atoms with Crippen molar-refractivity contribution in [2.45, 2.75) is 25.0 Å². The van der Waals surface area contributed by atoms with Crippen LogP contribution in [0.15, 0.2) is 77.6 Å². The monoisotopic (exact) mass is 531 g/mol. The van der Waals surface area contributed by atoms with Gasteiger partial charge in [-0.15, -0.1) is 12.4 Å². The standard InChI is InChI=1S/C27H25N7O3.ClH/c1-34-23-10-7-17(13-22(23)33-24(34)15-31-19-8-5-16(6-9-19)26(28)29)20-12-18(20)14-32-37-25(27(35)36)21-4-2-3-11-30-21;/h2-11,13,20,25,31H,12,15H2,1H3,(H3,28,29)(H,35,36);1H. The number of aromatic nitrogens is 3. The van der Waals surface area contributed by atoms with Crippen molar-refractivity contribution >= 4 is 46.8 Å². The average molecular weight is 532 g/mol. The topological polar surface area (TPSA) is 152 Å². The number of halogens is 1. The summed E-state index contributed by atoms with van der Waals surface area (Å²) in [6.07, 6.45) is 1.00. The van der Waals surface area contributed by atoms with E-state index in [1.165, 1.54) is 6.20 Å². The molecule has 5 rings (SSSR count). The zero-order valence-corrected chi connectivity index (χ0v) is 21.3. The first-order chi connectivity index (χ1) is 17.9. The highest BCUT2D eigenvalue weighted by Crippen LogP contribution is 2.45. The second-order valence-electron chi connectivity index (χ2n) is 8.74. The molecular weight excluding hydrogens is 506 g/mol. The van der Waals surface area contributed by atoms with Crippen LogP contribution in [0.5, 0.6) is 0 Å². The van der Waals surface area contributed by atoms with Gasteiger partial charge in [-0.05, 0) is 65.7 Å². The number of imidazole rings is 1. The van der Waals surface area contributed by atoms with Crippen LogP contribution in [0.2, 0.25) is 0 Å². The third-order valence-corrected chi connectivity index (χ3v) is 6.26. The highest BCUT2D eigenvalue weighted by molar-refractivity contribution is 5.95. The van der Waals surface area contributed by atoms with E-state index in [1.807, 2.05) is 25.2 Å². The lowest BCUT2D eigenvalue weighted by molar-refractivity contribution is -0.151. The molecule has 2 unspecified atom stereocenters. The molecule has 5 N–H and O–H groups in total. The molecule has 2 aromatic carbocycles. The molecule has 11 heteroatoms. The number of hydrogen-bond donors (Lipinski definition) is 4. The summed E-state index contributed by atoms with van der Waals surface area (Å²) in [4.78, 5) is 25.5. The minimum Gasteiger partial charge on any atom is -0.478 e. The molecule has 1 fully saturated rings. The number of amidine groups is 1. The SMILES string of the molecule is Cl.Cn1c(CNc2ccc(C(=N)N)cc2)nc2cc(C3CC3=C=NOC(C(=O)O)c3ccccn3)ccc21. The lowest BCUT2D eigenvalue weighted by atomic mass is 10.1.